The maximum absolute atomic E-state index is 11.7. The Kier molecular flexibility index (Phi) is 6.59. The van der Waals surface area contributed by atoms with Crippen molar-refractivity contribution in [3.05, 3.63) is 0 Å². The lowest BCUT2D eigenvalue weighted by Gasteiger charge is -2.25. The molecule has 0 radical (unpaired) electrons. The molecule has 0 bridgehead atoms. The van der Waals surface area contributed by atoms with E-state index in [4.69, 9.17) is 11.6 Å². The fourth-order valence-electron chi connectivity index (χ4n) is 1.93. The van der Waals surface area contributed by atoms with E-state index in [1.165, 1.54) is 0 Å². The largest absolute Gasteiger partial charge is 0.411 e. The van der Waals surface area contributed by atoms with Gasteiger partial charge < -0.3 is 10.1 Å². The van der Waals surface area contributed by atoms with E-state index in [9.17, 15) is 13.2 Å². The topological polar surface area (TPSA) is 21.3 Å². The molecule has 0 heterocycles. The van der Waals surface area contributed by atoms with Crippen LogP contribution >= 0.6 is 11.6 Å². The summed E-state index contributed by atoms with van der Waals surface area (Å²) in [4.78, 5) is 0. The number of ether oxygens (including phenoxy) is 1. The molecular formula is C11H19ClF3NO. The number of halogens is 4. The van der Waals surface area contributed by atoms with Crippen LogP contribution in [-0.4, -0.2) is 37.4 Å². The molecule has 1 N–H and O–H groups in total. The van der Waals surface area contributed by atoms with Gasteiger partial charge >= 0.3 is 6.18 Å². The quantitative estimate of drug-likeness (QED) is 0.593. The van der Waals surface area contributed by atoms with Crippen LogP contribution in [0.5, 0.6) is 0 Å². The molecule has 0 aromatic heterocycles. The van der Waals surface area contributed by atoms with Gasteiger partial charge in [0, 0.05) is 18.0 Å². The summed E-state index contributed by atoms with van der Waals surface area (Å²) in [6.07, 6.45) is 0.534. The van der Waals surface area contributed by atoms with Crippen molar-refractivity contribution >= 4 is 11.6 Å². The first-order valence-corrected chi connectivity index (χ1v) is 6.43. The third kappa shape index (κ3) is 7.84. The normalized spacial score (nSPS) is 26.1. The summed E-state index contributed by atoms with van der Waals surface area (Å²) in [7, 11) is 0. The highest BCUT2D eigenvalue weighted by atomic mass is 35.5. The van der Waals surface area contributed by atoms with Gasteiger partial charge in [0.2, 0.25) is 0 Å². The minimum Gasteiger partial charge on any atom is -0.372 e. The Labute approximate surface area is 105 Å². The van der Waals surface area contributed by atoms with E-state index in [1.54, 1.807) is 0 Å². The molecule has 0 atom stereocenters. The fraction of sp³-hybridized carbons (Fsp3) is 1.00. The number of hydrogen-bond donors (Lipinski definition) is 1. The minimum atomic E-state index is -4.22. The molecule has 0 aromatic carbocycles. The summed E-state index contributed by atoms with van der Waals surface area (Å²) in [5.41, 5.74) is 0. The maximum Gasteiger partial charge on any atom is 0.411 e. The average Bonchev–Trinajstić information content (AvgIpc) is 2.24. The predicted molar refractivity (Wildman–Crippen MR) is 61.4 cm³/mol. The Hall–Kier alpha value is 0. The number of alkyl halides is 4. The summed E-state index contributed by atoms with van der Waals surface area (Å²) in [5.74, 6) is 0. The van der Waals surface area contributed by atoms with Crippen molar-refractivity contribution in [1.82, 2.24) is 5.32 Å². The van der Waals surface area contributed by atoms with Crippen LogP contribution in [-0.2, 0) is 4.74 Å². The van der Waals surface area contributed by atoms with Gasteiger partial charge in [-0.1, -0.05) is 0 Å². The van der Waals surface area contributed by atoms with Crippen LogP contribution in [0, 0.1) is 0 Å². The summed E-state index contributed by atoms with van der Waals surface area (Å²) >= 11 is 5.97. The van der Waals surface area contributed by atoms with Crippen molar-refractivity contribution in [3.8, 4) is 0 Å². The number of nitrogens with one attached hydrogen (secondary N) is 1. The molecule has 0 unspecified atom stereocenters. The van der Waals surface area contributed by atoms with E-state index in [2.05, 4.69) is 10.1 Å². The molecule has 1 aliphatic rings. The second-order valence-corrected chi connectivity index (χ2v) is 5.04. The number of hydrogen-bond acceptors (Lipinski definition) is 2. The molecule has 0 amide bonds. The Morgan fingerprint density at radius 1 is 1.18 bits per heavy atom. The van der Waals surface area contributed by atoms with Gasteiger partial charge in [0.1, 0.15) is 6.61 Å². The maximum atomic E-state index is 11.7. The summed E-state index contributed by atoms with van der Waals surface area (Å²) in [6, 6.07) is 0.465. The van der Waals surface area contributed by atoms with E-state index in [0.29, 0.717) is 24.4 Å². The van der Waals surface area contributed by atoms with E-state index in [-0.39, 0.29) is 6.61 Å². The van der Waals surface area contributed by atoms with Crippen LogP contribution in [0.3, 0.4) is 0 Å². The zero-order valence-corrected chi connectivity index (χ0v) is 10.5. The third-order valence-electron chi connectivity index (χ3n) is 2.82. The summed E-state index contributed by atoms with van der Waals surface area (Å²) < 4.78 is 39.7. The summed E-state index contributed by atoms with van der Waals surface area (Å²) in [5, 5.41) is 3.61. The van der Waals surface area contributed by atoms with Crippen LogP contribution in [0.4, 0.5) is 13.2 Å². The Morgan fingerprint density at radius 2 is 1.82 bits per heavy atom. The lowest BCUT2D eigenvalue weighted by molar-refractivity contribution is -0.173. The molecule has 6 heteroatoms. The zero-order chi connectivity index (χ0) is 12.7. The molecule has 102 valence electrons. The van der Waals surface area contributed by atoms with Crippen molar-refractivity contribution in [2.45, 2.75) is 49.7 Å². The van der Waals surface area contributed by atoms with Crippen molar-refractivity contribution < 1.29 is 17.9 Å². The van der Waals surface area contributed by atoms with Gasteiger partial charge in [0.25, 0.3) is 0 Å². The molecular weight excluding hydrogens is 255 g/mol. The first kappa shape index (κ1) is 15.1. The van der Waals surface area contributed by atoms with Gasteiger partial charge in [0.05, 0.1) is 0 Å². The van der Waals surface area contributed by atoms with Gasteiger partial charge in [0.15, 0.2) is 0 Å². The SMILES string of the molecule is FC(F)(F)COCCCNC1CCC(Cl)CC1. The molecule has 1 aliphatic carbocycles. The molecule has 0 spiro atoms. The van der Waals surface area contributed by atoms with Gasteiger partial charge in [-0.05, 0) is 38.6 Å². The fourth-order valence-corrected chi connectivity index (χ4v) is 2.18. The first-order chi connectivity index (χ1) is 7.97. The molecule has 1 rings (SSSR count). The highest BCUT2D eigenvalue weighted by Gasteiger charge is 2.27. The molecule has 17 heavy (non-hydrogen) atoms. The van der Waals surface area contributed by atoms with Crippen LogP contribution < -0.4 is 5.32 Å². The van der Waals surface area contributed by atoms with Gasteiger partial charge in [-0.25, -0.2) is 0 Å². The van der Waals surface area contributed by atoms with E-state index < -0.39 is 12.8 Å². The van der Waals surface area contributed by atoms with Crippen molar-refractivity contribution in [2.24, 2.45) is 0 Å². The van der Waals surface area contributed by atoms with Gasteiger partial charge in [-0.15, -0.1) is 11.6 Å². The standard InChI is InChI=1S/C11H19ClF3NO/c12-9-2-4-10(5-3-9)16-6-1-7-17-8-11(13,14)15/h9-10,16H,1-8H2. The Morgan fingerprint density at radius 3 is 2.41 bits per heavy atom. The smallest absolute Gasteiger partial charge is 0.372 e. The number of rotatable bonds is 6. The van der Waals surface area contributed by atoms with E-state index in [0.717, 1.165) is 25.7 Å². The van der Waals surface area contributed by atoms with Crippen LogP contribution in [0.2, 0.25) is 0 Å². The first-order valence-electron chi connectivity index (χ1n) is 5.99. The lowest BCUT2D eigenvalue weighted by Crippen LogP contribution is -2.34. The lowest BCUT2D eigenvalue weighted by atomic mass is 9.95. The molecule has 1 saturated carbocycles. The Bertz CT molecular complexity index is 205. The molecule has 1 fully saturated rings. The molecule has 2 nitrogen and oxygen atoms in total. The van der Waals surface area contributed by atoms with Crippen molar-refractivity contribution in [1.29, 1.82) is 0 Å². The van der Waals surface area contributed by atoms with Crippen LogP contribution in [0.25, 0.3) is 0 Å². The highest BCUT2D eigenvalue weighted by molar-refractivity contribution is 6.20. The van der Waals surface area contributed by atoms with E-state index in [1.807, 2.05) is 0 Å². The van der Waals surface area contributed by atoms with Crippen LogP contribution in [0.1, 0.15) is 32.1 Å². The molecule has 0 aromatic rings. The van der Waals surface area contributed by atoms with Crippen LogP contribution in [0.15, 0.2) is 0 Å². The van der Waals surface area contributed by atoms with Crippen molar-refractivity contribution in [2.75, 3.05) is 19.8 Å². The summed E-state index contributed by atoms with van der Waals surface area (Å²) in [6.45, 7) is -0.294. The van der Waals surface area contributed by atoms with Gasteiger partial charge in [-0.2, -0.15) is 13.2 Å². The highest BCUT2D eigenvalue weighted by Crippen LogP contribution is 2.22. The second kappa shape index (κ2) is 7.44. The minimum absolute atomic E-state index is 0.150. The monoisotopic (exact) mass is 273 g/mol. The predicted octanol–water partition coefficient (Wildman–Crippen LogP) is 3.10. The molecule has 0 saturated heterocycles. The Balaban J connectivity index is 1.91. The second-order valence-electron chi connectivity index (χ2n) is 4.42. The third-order valence-corrected chi connectivity index (χ3v) is 3.26. The van der Waals surface area contributed by atoms with Gasteiger partial charge in [-0.3, -0.25) is 0 Å². The molecule has 0 aliphatic heterocycles. The zero-order valence-electron chi connectivity index (χ0n) is 9.73. The van der Waals surface area contributed by atoms with E-state index >= 15 is 0 Å². The average molecular weight is 274 g/mol. The van der Waals surface area contributed by atoms with Crippen molar-refractivity contribution in [3.63, 3.8) is 0 Å².